The van der Waals surface area contributed by atoms with Crippen LogP contribution in [0.4, 0.5) is 4.39 Å². The van der Waals surface area contributed by atoms with Crippen molar-refractivity contribution in [2.24, 2.45) is 0 Å². The quantitative estimate of drug-likeness (QED) is 0.611. The van der Waals surface area contributed by atoms with Crippen LogP contribution in [-0.4, -0.2) is 55.4 Å². The molecule has 3 rings (SSSR count). The zero-order valence-electron chi connectivity index (χ0n) is 14.5. The molecular weight excluding hydrogens is 325 g/mol. The van der Waals surface area contributed by atoms with E-state index < -0.39 is 0 Å². The Kier molecular flexibility index (Phi) is 5.99. The van der Waals surface area contributed by atoms with Crippen LogP contribution in [0.5, 0.6) is 0 Å². The zero-order chi connectivity index (χ0) is 17.6. The monoisotopic (exact) mass is 349 g/mol. The Labute approximate surface area is 146 Å². The topological polar surface area (TPSA) is 67.6 Å². The lowest BCUT2D eigenvalue weighted by atomic mass is 9.91. The molecule has 1 aromatic heterocycles. The maximum Gasteiger partial charge on any atom is 0.302 e. The Hall–Kier alpha value is -1.99. The third-order valence-corrected chi connectivity index (χ3v) is 4.63. The Balaban J connectivity index is 1.42. The molecule has 136 valence electrons. The SMILES string of the molecule is CC(=O)OCCNCCN1CCC(c2noc3cc(F)ccc23)CC1. The summed E-state index contributed by atoms with van der Waals surface area (Å²) in [4.78, 5) is 13.1. The summed E-state index contributed by atoms with van der Waals surface area (Å²) in [6, 6.07) is 4.61. The fourth-order valence-electron chi connectivity index (χ4n) is 3.28. The molecule has 0 aliphatic carbocycles. The van der Waals surface area contributed by atoms with Gasteiger partial charge in [0.25, 0.3) is 0 Å². The van der Waals surface area contributed by atoms with Crippen LogP contribution in [0.2, 0.25) is 0 Å². The van der Waals surface area contributed by atoms with Crippen LogP contribution in [0.15, 0.2) is 22.7 Å². The minimum absolute atomic E-state index is 0.244. The van der Waals surface area contributed by atoms with E-state index in [0.717, 1.165) is 50.1 Å². The Morgan fingerprint density at radius 1 is 1.40 bits per heavy atom. The fraction of sp³-hybridized carbons (Fsp3) is 0.556. The number of piperidine rings is 1. The van der Waals surface area contributed by atoms with Crippen molar-refractivity contribution in [3.63, 3.8) is 0 Å². The molecule has 0 spiro atoms. The second-order valence-corrected chi connectivity index (χ2v) is 6.41. The van der Waals surface area contributed by atoms with Crippen LogP contribution in [0, 0.1) is 5.82 Å². The number of hydrogen-bond donors (Lipinski definition) is 1. The van der Waals surface area contributed by atoms with Gasteiger partial charge in [-0.3, -0.25) is 4.79 Å². The molecule has 1 aliphatic heterocycles. The molecule has 6 nitrogen and oxygen atoms in total. The first-order chi connectivity index (χ1) is 12.1. The highest BCUT2D eigenvalue weighted by atomic mass is 19.1. The minimum Gasteiger partial charge on any atom is -0.465 e. The van der Waals surface area contributed by atoms with Crippen LogP contribution >= 0.6 is 0 Å². The van der Waals surface area contributed by atoms with E-state index in [2.05, 4.69) is 15.4 Å². The van der Waals surface area contributed by atoms with Crippen LogP contribution < -0.4 is 5.32 Å². The summed E-state index contributed by atoms with van der Waals surface area (Å²) in [5.74, 6) is -0.182. The van der Waals surface area contributed by atoms with Crippen molar-refractivity contribution in [1.29, 1.82) is 0 Å². The van der Waals surface area contributed by atoms with E-state index in [1.54, 1.807) is 6.07 Å². The summed E-state index contributed by atoms with van der Waals surface area (Å²) < 4.78 is 23.4. The van der Waals surface area contributed by atoms with Crippen LogP contribution in [0.25, 0.3) is 11.0 Å². The van der Waals surface area contributed by atoms with Gasteiger partial charge >= 0.3 is 5.97 Å². The number of aromatic nitrogens is 1. The highest BCUT2D eigenvalue weighted by Gasteiger charge is 2.24. The van der Waals surface area contributed by atoms with Gasteiger partial charge in [-0.15, -0.1) is 0 Å². The van der Waals surface area contributed by atoms with Crippen molar-refractivity contribution < 1.29 is 18.4 Å². The van der Waals surface area contributed by atoms with Gasteiger partial charge < -0.3 is 19.5 Å². The predicted molar refractivity (Wildman–Crippen MR) is 91.9 cm³/mol. The molecule has 1 saturated heterocycles. The lowest BCUT2D eigenvalue weighted by Gasteiger charge is -2.31. The summed E-state index contributed by atoms with van der Waals surface area (Å²) in [5, 5.41) is 8.38. The second kappa shape index (κ2) is 8.40. The van der Waals surface area contributed by atoms with Gasteiger partial charge in [-0.2, -0.15) is 0 Å². The standard InChI is InChI=1S/C18H24FN3O3/c1-13(23)24-11-7-20-6-10-22-8-4-14(5-9-22)18-16-3-2-15(19)12-17(16)25-21-18/h2-3,12,14,20H,4-11H2,1H3. The summed E-state index contributed by atoms with van der Waals surface area (Å²) >= 11 is 0. The smallest absolute Gasteiger partial charge is 0.302 e. The molecule has 0 atom stereocenters. The van der Waals surface area contributed by atoms with E-state index in [1.165, 1.54) is 19.1 Å². The largest absolute Gasteiger partial charge is 0.465 e. The molecule has 25 heavy (non-hydrogen) atoms. The minimum atomic E-state index is -0.300. The van der Waals surface area contributed by atoms with Crippen molar-refractivity contribution in [1.82, 2.24) is 15.4 Å². The van der Waals surface area contributed by atoms with E-state index in [4.69, 9.17) is 9.26 Å². The van der Waals surface area contributed by atoms with Gasteiger partial charge in [0.1, 0.15) is 12.4 Å². The van der Waals surface area contributed by atoms with Gasteiger partial charge in [0.15, 0.2) is 5.58 Å². The summed E-state index contributed by atoms with van der Waals surface area (Å²) in [7, 11) is 0. The average Bonchev–Trinajstić information content (AvgIpc) is 3.01. The van der Waals surface area contributed by atoms with Crippen molar-refractivity contribution in [3.05, 3.63) is 29.7 Å². The molecule has 0 bridgehead atoms. The van der Waals surface area contributed by atoms with Crippen LogP contribution in [-0.2, 0) is 9.53 Å². The van der Waals surface area contributed by atoms with Gasteiger partial charge in [-0.25, -0.2) is 4.39 Å². The molecule has 7 heteroatoms. The molecule has 0 saturated carbocycles. The first kappa shape index (κ1) is 17.8. The first-order valence-corrected chi connectivity index (χ1v) is 8.75. The third-order valence-electron chi connectivity index (χ3n) is 4.63. The molecule has 0 radical (unpaired) electrons. The lowest BCUT2D eigenvalue weighted by molar-refractivity contribution is -0.140. The van der Waals surface area contributed by atoms with E-state index >= 15 is 0 Å². The van der Waals surface area contributed by atoms with Crippen LogP contribution in [0.1, 0.15) is 31.4 Å². The number of hydrogen-bond acceptors (Lipinski definition) is 6. The normalized spacial score (nSPS) is 16.4. The molecule has 1 N–H and O–H groups in total. The number of esters is 1. The molecule has 0 amide bonds. The predicted octanol–water partition coefficient (Wildman–Crippen LogP) is 2.30. The van der Waals surface area contributed by atoms with Crippen molar-refractivity contribution >= 4 is 16.9 Å². The molecule has 1 aromatic carbocycles. The fourth-order valence-corrected chi connectivity index (χ4v) is 3.28. The number of nitrogens with zero attached hydrogens (tertiary/aromatic N) is 2. The number of benzene rings is 1. The van der Waals surface area contributed by atoms with Crippen molar-refractivity contribution in [2.45, 2.75) is 25.7 Å². The average molecular weight is 349 g/mol. The summed E-state index contributed by atoms with van der Waals surface area (Å²) in [5.41, 5.74) is 1.48. The number of nitrogens with one attached hydrogen (secondary N) is 1. The number of rotatable bonds is 7. The number of ether oxygens (including phenoxy) is 1. The van der Waals surface area contributed by atoms with E-state index in [1.807, 2.05) is 0 Å². The zero-order valence-corrected chi connectivity index (χ0v) is 14.5. The highest BCUT2D eigenvalue weighted by molar-refractivity contribution is 5.79. The van der Waals surface area contributed by atoms with E-state index in [-0.39, 0.29) is 11.8 Å². The maximum atomic E-state index is 13.2. The lowest BCUT2D eigenvalue weighted by Crippen LogP contribution is -2.38. The third kappa shape index (κ3) is 4.76. The Bertz CT molecular complexity index is 711. The van der Waals surface area contributed by atoms with Gasteiger partial charge in [0.2, 0.25) is 0 Å². The van der Waals surface area contributed by atoms with E-state index in [0.29, 0.717) is 24.7 Å². The van der Waals surface area contributed by atoms with Gasteiger partial charge in [0.05, 0.1) is 5.69 Å². The molecule has 2 aromatic rings. The van der Waals surface area contributed by atoms with Crippen molar-refractivity contribution in [3.8, 4) is 0 Å². The Morgan fingerprint density at radius 3 is 2.96 bits per heavy atom. The van der Waals surface area contributed by atoms with Crippen LogP contribution in [0.3, 0.4) is 0 Å². The summed E-state index contributed by atoms with van der Waals surface area (Å²) in [6.45, 7) is 6.36. The molecule has 0 unspecified atom stereocenters. The van der Waals surface area contributed by atoms with Gasteiger partial charge in [-0.05, 0) is 38.1 Å². The summed E-state index contributed by atoms with van der Waals surface area (Å²) in [6.07, 6.45) is 2.04. The molecule has 1 aliphatic rings. The number of likely N-dealkylation sites (tertiary alicyclic amines) is 1. The molecule has 2 heterocycles. The van der Waals surface area contributed by atoms with Gasteiger partial charge in [-0.1, -0.05) is 5.16 Å². The maximum absolute atomic E-state index is 13.2. The number of halogens is 1. The molecule has 1 fully saturated rings. The number of carbonyl (C=O) groups is 1. The Morgan fingerprint density at radius 2 is 2.20 bits per heavy atom. The molecular formula is C18H24FN3O3. The van der Waals surface area contributed by atoms with Crippen molar-refractivity contribution in [2.75, 3.05) is 39.3 Å². The second-order valence-electron chi connectivity index (χ2n) is 6.41. The number of carbonyl (C=O) groups excluding carboxylic acids is 1. The van der Waals surface area contributed by atoms with E-state index in [9.17, 15) is 9.18 Å². The highest BCUT2D eigenvalue weighted by Crippen LogP contribution is 2.32. The first-order valence-electron chi connectivity index (χ1n) is 8.75. The number of fused-ring (bicyclic) bond motifs is 1. The van der Waals surface area contributed by atoms with Gasteiger partial charge in [0, 0.05) is 43.9 Å².